The van der Waals surface area contributed by atoms with Crippen LogP contribution in [-0.4, -0.2) is 4.98 Å². The Kier molecular flexibility index (Phi) is 4.43. The number of hydrogen-bond donors (Lipinski definition) is 0. The quantitative estimate of drug-likeness (QED) is 0.610. The third-order valence-electron chi connectivity index (χ3n) is 4.11. The van der Waals surface area contributed by atoms with Gasteiger partial charge < -0.3 is 9.47 Å². The summed E-state index contributed by atoms with van der Waals surface area (Å²) in [6.45, 7) is 0. The average molecular weight is 382 g/mol. The van der Waals surface area contributed by atoms with Gasteiger partial charge in [-0.15, -0.1) is 0 Å². The minimum atomic E-state index is -0.395. The molecule has 120 valence electrons. The number of benzene rings is 2. The standard InChI is InChI=1S/C20H16BrNO2/c21-17-11-5-4-10-16(17)19-18(15-9-6-12-22-13-15)23-20(24-19)14-7-2-1-3-8-14/h1-13,18-20H. The molecule has 2 aromatic carbocycles. The van der Waals surface area contributed by atoms with Crippen molar-refractivity contribution in [1.29, 1.82) is 0 Å². The van der Waals surface area contributed by atoms with Crippen LogP contribution < -0.4 is 0 Å². The number of aromatic nitrogens is 1. The molecule has 1 aliphatic heterocycles. The summed E-state index contributed by atoms with van der Waals surface area (Å²) in [5.41, 5.74) is 3.10. The van der Waals surface area contributed by atoms with E-state index in [1.807, 2.05) is 66.9 Å². The fourth-order valence-corrected chi connectivity index (χ4v) is 3.46. The van der Waals surface area contributed by atoms with E-state index in [4.69, 9.17) is 9.47 Å². The highest BCUT2D eigenvalue weighted by Gasteiger charge is 2.39. The minimum absolute atomic E-state index is 0.199. The summed E-state index contributed by atoms with van der Waals surface area (Å²) in [6, 6.07) is 22.1. The highest BCUT2D eigenvalue weighted by atomic mass is 79.9. The maximum Gasteiger partial charge on any atom is 0.185 e. The van der Waals surface area contributed by atoms with Gasteiger partial charge in [0.1, 0.15) is 12.2 Å². The molecule has 3 unspecified atom stereocenters. The highest BCUT2D eigenvalue weighted by molar-refractivity contribution is 9.10. The van der Waals surface area contributed by atoms with Crippen molar-refractivity contribution in [2.24, 2.45) is 0 Å². The van der Waals surface area contributed by atoms with Gasteiger partial charge in [-0.05, 0) is 17.7 Å². The number of nitrogens with zero attached hydrogens (tertiary/aromatic N) is 1. The molecule has 3 aromatic rings. The zero-order chi connectivity index (χ0) is 16.4. The van der Waals surface area contributed by atoms with Gasteiger partial charge in [-0.1, -0.05) is 70.5 Å². The van der Waals surface area contributed by atoms with Gasteiger partial charge in [-0.25, -0.2) is 0 Å². The molecule has 2 heterocycles. The third kappa shape index (κ3) is 3.00. The molecule has 0 spiro atoms. The molecule has 0 bridgehead atoms. The molecular formula is C20H16BrNO2. The molecule has 3 atom stereocenters. The Hall–Kier alpha value is -2.01. The zero-order valence-corrected chi connectivity index (χ0v) is 14.5. The average Bonchev–Trinajstić information content (AvgIpc) is 3.09. The lowest BCUT2D eigenvalue weighted by Crippen LogP contribution is -2.08. The Morgan fingerprint density at radius 1 is 0.750 bits per heavy atom. The molecule has 4 rings (SSSR count). The molecule has 0 amide bonds. The molecule has 0 N–H and O–H groups in total. The van der Waals surface area contributed by atoms with Gasteiger partial charge in [-0.3, -0.25) is 4.98 Å². The second-order valence-electron chi connectivity index (χ2n) is 5.66. The molecule has 3 nitrogen and oxygen atoms in total. The summed E-state index contributed by atoms with van der Waals surface area (Å²) >= 11 is 3.63. The van der Waals surface area contributed by atoms with Crippen LogP contribution in [0.2, 0.25) is 0 Å². The van der Waals surface area contributed by atoms with E-state index in [0.717, 1.165) is 21.2 Å². The van der Waals surface area contributed by atoms with E-state index in [1.165, 1.54) is 0 Å². The number of ether oxygens (including phenoxy) is 2. The Morgan fingerprint density at radius 3 is 2.21 bits per heavy atom. The SMILES string of the molecule is Brc1ccccc1C1OC(c2ccccc2)OC1c1cccnc1. The summed E-state index contributed by atoms with van der Waals surface area (Å²) in [5, 5.41) is 0. The van der Waals surface area contributed by atoms with Crippen LogP contribution in [0.1, 0.15) is 35.2 Å². The van der Waals surface area contributed by atoms with Gasteiger partial charge in [0.05, 0.1) is 0 Å². The van der Waals surface area contributed by atoms with Crippen LogP contribution in [0.5, 0.6) is 0 Å². The number of hydrogen-bond acceptors (Lipinski definition) is 3. The van der Waals surface area contributed by atoms with Gasteiger partial charge in [0.25, 0.3) is 0 Å². The van der Waals surface area contributed by atoms with Crippen LogP contribution in [0.4, 0.5) is 0 Å². The van der Waals surface area contributed by atoms with E-state index in [1.54, 1.807) is 6.20 Å². The number of halogens is 1. The van der Waals surface area contributed by atoms with Gasteiger partial charge in [0.2, 0.25) is 0 Å². The third-order valence-corrected chi connectivity index (χ3v) is 4.83. The van der Waals surface area contributed by atoms with Crippen LogP contribution in [-0.2, 0) is 9.47 Å². The van der Waals surface area contributed by atoms with Crippen molar-refractivity contribution in [3.63, 3.8) is 0 Å². The second-order valence-corrected chi connectivity index (χ2v) is 6.52. The lowest BCUT2D eigenvalue weighted by Gasteiger charge is -2.18. The Bertz CT molecular complexity index is 810. The first-order chi connectivity index (χ1) is 11.8. The van der Waals surface area contributed by atoms with E-state index in [2.05, 4.69) is 27.0 Å². The van der Waals surface area contributed by atoms with E-state index in [0.29, 0.717) is 0 Å². The van der Waals surface area contributed by atoms with Crippen molar-refractivity contribution in [1.82, 2.24) is 4.98 Å². The highest BCUT2D eigenvalue weighted by Crippen LogP contribution is 2.49. The smallest absolute Gasteiger partial charge is 0.185 e. The van der Waals surface area contributed by atoms with Crippen molar-refractivity contribution in [2.75, 3.05) is 0 Å². The number of pyridine rings is 1. The lowest BCUT2D eigenvalue weighted by atomic mass is 10.00. The first-order valence-electron chi connectivity index (χ1n) is 7.83. The minimum Gasteiger partial charge on any atom is -0.337 e. The van der Waals surface area contributed by atoms with Gasteiger partial charge >= 0.3 is 0 Å². The summed E-state index contributed by atoms with van der Waals surface area (Å²) in [7, 11) is 0. The normalized spacial score (nSPS) is 23.3. The molecule has 1 fully saturated rings. The first-order valence-corrected chi connectivity index (χ1v) is 8.62. The largest absolute Gasteiger partial charge is 0.337 e. The van der Waals surface area contributed by atoms with Crippen molar-refractivity contribution >= 4 is 15.9 Å². The summed E-state index contributed by atoms with van der Waals surface area (Å²) in [5.74, 6) is 0. The molecule has 0 saturated carbocycles. The van der Waals surface area contributed by atoms with Gasteiger partial charge in [0.15, 0.2) is 6.29 Å². The monoisotopic (exact) mass is 381 g/mol. The fourth-order valence-electron chi connectivity index (χ4n) is 2.95. The van der Waals surface area contributed by atoms with Crippen molar-refractivity contribution in [3.8, 4) is 0 Å². The number of rotatable bonds is 3. The summed E-state index contributed by atoms with van der Waals surface area (Å²) in [6.07, 6.45) is 2.80. The van der Waals surface area contributed by atoms with E-state index in [9.17, 15) is 0 Å². The second kappa shape index (κ2) is 6.85. The van der Waals surface area contributed by atoms with Crippen molar-refractivity contribution in [3.05, 3.63) is 100 Å². The Labute approximate surface area is 149 Å². The summed E-state index contributed by atoms with van der Waals surface area (Å²) < 4.78 is 13.6. The van der Waals surface area contributed by atoms with E-state index in [-0.39, 0.29) is 12.2 Å². The van der Waals surface area contributed by atoms with E-state index >= 15 is 0 Å². The molecule has 1 saturated heterocycles. The van der Waals surface area contributed by atoms with Crippen LogP contribution in [0.25, 0.3) is 0 Å². The van der Waals surface area contributed by atoms with Crippen molar-refractivity contribution in [2.45, 2.75) is 18.5 Å². The van der Waals surface area contributed by atoms with E-state index < -0.39 is 6.29 Å². The first kappa shape index (κ1) is 15.5. The van der Waals surface area contributed by atoms with Gasteiger partial charge in [0, 0.05) is 28.0 Å². The molecule has 4 heteroatoms. The van der Waals surface area contributed by atoms with Crippen LogP contribution in [0.3, 0.4) is 0 Å². The topological polar surface area (TPSA) is 31.4 Å². The predicted molar refractivity (Wildman–Crippen MR) is 95.2 cm³/mol. The van der Waals surface area contributed by atoms with Gasteiger partial charge in [-0.2, -0.15) is 0 Å². The molecule has 1 aromatic heterocycles. The zero-order valence-electron chi connectivity index (χ0n) is 12.9. The molecule has 24 heavy (non-hydrogen) atoms. The Morgan fingerprint density at radius 2 is 1.46 bits per heavy atom. The summed E-state index contributed by atoms with van der Waals surface area (Å²) in [4.78, 5) is 4.23. The molecule has 0 radical (unpaired) electrons. The van der Waals surface area contributed by atoms with Crippen LogP contribution >= 0.6 is 15.9 Å². The van der Waals surface area contributed by atoms with Crippen LogP contribution in [0, 0.1) is 0 Å². The molecule has 0 aliphatic carbocycles. The predicted octanol–water partition coefficient (Wildman–Crippen LogP) is 5.37. The maximum absolute atomic E-state index is 6.30. The molecule has 1 aliphatic rings. The van der Waals surface area contributed by atoms with Crippen molar-refractivity contribution < 1.29 is 9.47 Å². The maximum atomic E-state index is 6.30. The fraction of sp³-hybridized carbons (Fsp3) is 0.150. The Balaban J connectivity index is 1.73. The van der Waals surface area contributed by atoms with Crippen LogP contribution in [0.15, 0.2) is 83.6 Å². The lowest BCUT2D eigenvalue weighted by molar-refractivity contribution is -0.0698. The molecular weight excluding hydrogens is 366 g/mol.